The summed E-state index contributed by atoms with van der Waals surface area (Å²) in [5, 5.41) is 10.5. The van der Waals surface area contributed by atoms with Gasteiger partial charge in [-0.1, -0.05) is 50.1 Å². The number of aromatic nitrogens is 2. The number of hydrogen-bond acceptors (Lipinski definition) is 3. The lowest BCUT2D eigenvalue weighted by atomic mass is 9.86. The van der Waals surface area contributed by atoms with Crippen molar-refractivity contribution >= 4 is 16.7 Å². The SMILES string of the molecule is CC1CCCC(n2c(C(CO)c3ccccc3)nc3c4c(ccc32)N(C)C(C)CC4)C1. The first-order valence-electron chi connectivity index (χ1n) is 12.0. The number of aliphatic hydroxyl groups excluding tert-OH is 1. The van der Waals surface area contributed by atoms with E-state index in [1.54, 1.807) is 0 Å². The normalized spacial score (nSPS) is 24.9. The van der Waals surface area contributed by atoms with Crippen LogP contribution < -0.4 is 4.90 Å². The Morgan fingerprint density at radius 3 is 2.61 bits per heavy atom. The first-order valence-corrected chi connectivity index (χ1v) is 12.0. The van der Waals surface area contributed by atoms with Crippen LogP contribution in [-0.2, 0) is 6.42 Å². The molecule has 31 heavy (non-hydrogen) atoms. The minimum atomic E-state index is -0.0956. The number of imidazole rings is 1. The molecular weight excluding hydrogens is 382 g/mol. The Kier molecular flexibility index (Phi) is 5.51. The predicted molar refractivity (Wildman–Crippen MR) is 128 cm³/mol. The molecule has 0 radical (unpaired) electrons. The van der Waals surface area contributed by atoms with E-state index in [2.05, 4.69) is 66.8 Å². The first-order chi connectivity index (χ1) is 15.1. The maximum atomic E-state index is 10.5. The molecule has 164 valence electrons. The molecule has 4 unspecified atom stereocenters. The number of aliphatic hydroxyl groups is 1. The van der Waals surface area contributed by atoms with E-state index in [0.717, 1.165) is 35.7 Å². The van der Waals surface area contributed by atoms with Gasteiger partial charge in [0.1, 0.15) is 5.82 Å². The molecule has 1 aliphatic heterocycles. The van der Waals surface area contributed by atoms with Crippen molar-refractivity contribution in [3.05, 3.63) is 59.4 Å². The molecule has 1 saturated carbocycles. The number of anilines is 1. The van der Waals surface area contributed by atoms with Crippen LogP contribution in [0.5, 0.6) is 0 Å². The van der Waals surface area contributed by atoms with Crippen LogP contribution in [-0.4, -0.2) is 34.4 Å². The van der Waals surface area contributed by atoms with Gasteiger partial charge in [-0.2, -0.15) is 0 Å². The van der Waals surface area contributed by atoms with Gasteiger partial charge in [-0.25, -0.2) is 4.98 Å². The molecule has 1 N–H and O–H groups in total. The van der Waals surface area contributed by atoms with Crippen LogP contribution in [0.1, 0.15) is 74.9 Å². The van der Waals surface area contributed by atoms with Gasteiger partial charge in [0.2, 0.25) is 0 Å². The third-order valence-corrected chi connectivity index (χ3v) is 7.79. The Morgan fingerprint density at radius 1 is 1.06 bits per heavy atom. The van der Waals surface area contributed by atoms with Crippen molar-refractivity contribution in [2.24, 2.45) is 5.92 Å². The van der Waals surface area contributed by atoms with E-state index in [4.69, 9.17) is 4.98 Å². The number of nitrogens with zero attached hydrogens (tertiary/aromatic N) is 3. The number of benzene rings is 2. The quantitative estimate of drug-likeness (QED) is 0.593. The van der Waals surface area contributed by atoms with Gasteiger partial charge in [-0.05, 0) is 56.2 Å². The number of aryl methyl sites for hydroxylation is 1. The molecule has 0 saturated heterocycles. The minimum Gasteiger partial charge on any atom is -0.395 e. The molecule has 0 spiro atoms. The van der Waals surface area contributed by atoms with Crippen LogP contribution in [0.25, 0.3) is 11.0 Å². The molecule has 0 amide bonds. The van der Waals surface area contributed by atoms with Crippen molar-refractivity contribution in [1.82, 2.24) is 9.55 Å². The summed E-state index contributed by atoms with van der Waals surface area (Å²) < 4.78 is 2.51. The topological polar surface area (TPSA) is 41.3 Å². The third-order valence-electron chi connectivity index (χ3n) is 7.79. The molecular formula is C27H35N3O. The number of hydrogen-bond donors (Lipinski definition) is 1. The molecule has 1 aliphatic carbocycles. The molecule has 2 aliphatic rings. The molecule has 2 heterocycles. The Hall–Kier alpha value is -2.33. The van der Waals surface area contributed by atoms with E-state index in [1.165, 1.54) is 42.5 Å². The van der Waals surface area contributed by atoms with Crippen molar-refractivity contribution < 1.29 is 5.11 Å². The van der Waals surface area contributed by atoms with Gasteiger partial charge in [0.25, 0.3) is 0 Å². The van der Waals surface area contributed by atoms with Gasteiger partial charge in [0, 0.05) is 30.4 Å². The zero-order valence-electron chi connectivity index (χ0n) is 19.1. The lowest BCUT2D eigenvalue weighted by Crippen LogP contribution is -2.33. The summed E-state index contributed by atoms with van der Waals surface area (Å²) >= 11 is 0. The van der Waals surface area contributed by atoms with Crippen molar-refractivity contribution in [3.8, 4) is 0 Å². The predicted octanol–water partition coefficient (Wildman–Crippen LogP) is 5.68. The third kappa shape index (κ3) is 3.55. The second-order valence-corrected chi connectivity index (χ2v) is 9.84. The smallest absolute Gasteiger partial charge is 0.120 e. The Morgan fingerprint density at radius 2 is 1.87 bits per heavy atom. The Labute approximate surface area is 185 Å². The maximum absolute atomic E-state index is 10.5. The molecule has 2 aromatic carbocycles. The fraction of sp³-hybridized carbons (Fsp3) is 0.519. The summed E-state index contributed by atoms with van der Waals surface area (Å²) in [5.74, 6) is 1.68. The summed E-state index contributed by atoms with van der Waals surface area (Å²) in [4.78, 5) is 7.71. The van der Waals surface area contributed by atoms with Crippen molar-refractivity contribution in [2.45, 2.75) is 70.4 Å². The van der Waals surface area contributed by atoms with Gasteiger partial charge < -0.3 is 14.6 Å². The molecule has 1 aromatic heterocycles. The van der Waals surface area contributed by atoms with E-state index in [9.17, 15) is 5.11 Å². The van der Waals surface area contributed by atoms with E-state index in [-0.39, 0.29) is 12.5 Å². The van der Waals surface area contributed by atoms with Gasteiger partial charge in [0.15, 0.2) is 0 Å². The highest BCUT2D eigenvalue weighted by Gasteiger charge is 2.31. The highest BCUT2D eigenvalue weighted by Crippen LogP contribution is 2.41. The average Bonchev–Trinajstić information content (AvgIpc) is 3.17. The molecule has 4 nitrogen and oxygen atoms in total. The van der Waals surface area contributed by atoms with Crippen LogP contribution in [0.2, 0.25) is 0 Å². The molecule has 1 fully saturated rings. The first kappa shape index (κ1) is 20.6. The number of rotatable bonds is 4. The molecule has 4 atom stereocenters. The molecule has 3 aromatic rings. The zero-order valence-corrected chi connectivity index (χ0v) is 19.1. The minimum absolute atomic E-state index is 0.0781. The standard InChI is InChI=1S/C27H35N3O/c1-18-8-7-11-21(16-18)30-25-15-14-24-22(13-12-19(2)29(24)3)26(25)28-27(30)23(17-31)20-9-5-4-6-10-20/h4-6,9-10,14-15,18-19,21,23,31H,7-8,11-13,16-17H2,1-3H3. The van der Waals surface area contributed by atoms with E-state index in [0.29, 0.717) is 12.1 Å². The monoisotopic (exact) mass is 417 g/mol. The van der Waals surface area contributed by atoms with E-state index >= 15 is 0 Å². The second kappa shape index (κ2) is 8.31. The van der Waals surface area contributed by atoms with Crippen LogP contribution in [0.15, 0.2) is 42.5 Å². The molecule has 0 bridgehead atoms. The Bertz CT molecular complexity index is 1060. The summed E-state index contributed by atoms with van der Waals surface area (Å²) in [6.45, 7) is 4.76. The lowest BCUT2D eigenvalue weighted by Gasteiger charge is -2.34. The fourth-order valence-electron chi connectivity index (χ4n) is 5.87. The molecule has 5 rings (SSSR count). The van der Waals surface area contributed by atoms with Gasteiger partial charge in [-0.15, -0.1) is 0 Å². The Balaban J connectivity index is 1.72. The van der Waals surface area contributed by atoms with Gasteiger partial charge >= 0.3 is 0 Å². The summed E-state index contributed by atoms with van der Waals surface area (Å²) in [7, 11) is 2.20. The van der Waals surface area contributed by atoms with Gasteiger partial charge in [-0.3, -0.25) is 0 Å². The zero-order chi connectivity index (χ0) is 21.5. The van der Waals surface area contributed by atoms with E-state index < -0.39 is 0 Å². The second-order valence-electron chi connectivity index (χ2n) is 9.84. The van der Waals surface area contributed by atoms with E-state index in [1.807, 2.05) is 6.07 Å². The highest BCUT2D eigenvalue weighted by molar-refractivity contribution is 5.86. The summed E-state index contributed by atoms with van der Waals surface area (Å²) in [6, 6.07) is 16.0. The lowest BCUT2D eigenvalue weighted by molar-refractivity contribution is 0.256. The van der Waals surface area contributed by atoms with Crippen LogP contribution in [0, 0.1) is 5.92 Å². The fourth-order valence-corrected chi connectivity index (χ4v) is 5.87. The number of fused-ring (bicyclic) bond motifs is 3. The van der Waals surface area contributed by atoms with Crippen LogP contribution >= 0.6 is 0 Å². The largest absolute Gasteiger partial charge is 0.395 e. The van der Waals surface area contributed by atoms with Crippen molar-refractivity contribution in [1.29, 1.82) is 0 Å². The summed E-state index contributed by atoms with van der Waals surface area (Å²) in [5.41, 5.74) is 6.25. The average molecular weight is 418 g/mol. The maximum Gasteiger partial charge on any atom is 0.120 e. The molecule has 4 heteroatoms. The van der Waals surface area contributed by atoms with Crippen molar-refractivity contribution in [3.63, 3.8) is 0 Å². The summed E-state index contributed by atoms with van der Waals surface area (Å²) in [6.07, 6.45) is 7.21. The van der Waals surface area contributed by atoms with Crippen molar-refractivity contribution in [2.75, 3.05) is 18.6 Å². The van der Waals surface area contributed by atoms with Crippen LogP contribution in [0.3, 0.4) is 0 Å². The van der Waals surface area contributed by atoms with Crippen LogP contribution in [0.4, 0.5) is 5.69 Å². The highest BCUT2D eigenvalue weighted by atomic mass is 16.3. The van der Waals surface area contributed by atoms with Gasteiger partial charge in [0.05, 0.1) is 23.6 Å².